The van der Waals surface area contributed by atoms with Gasteiger partial charge in [0.05, 0.1) is 0 Å². The van der Waals surface area contributed by atoms with E-state index in [1.54, 1.807) is 20.8 Å². The Morgan fingerprint density at radius 2 is 2.06 bits per heavy atom. The average molecular weight is 232 g/mol. The molecule has 1 fully saturated rings. The van der Waals surface area contributed by atoms with Crippen LogP contribution in [-0.2, 0) is 4.74 Å². The van der Waals surface area contributed by atoms with E-state index in [9.17, 15) is 9.18 Å². The van der Waals surface area contributed by atoms with Gasteiger partial charge in [-0.05, 0) is 33.6 Å². The lowest BCUT2D eigenvalue weighted by atomic mass is 9.90. The number of carbonyl (C=O) groups excluding carboxylic acids is 1. The minimum Gasteiger partial charge on any atom is -0.444 e. The number of hydrogen-bond acceptors (Lipinski definition) is 3. The topological polar surface area (TPSA) is 64.3 Å². The molecule has 3 atom stereocenters. The number of halogens is 1. The summed E-state index contributed by atoms with van der Waals surface area (Å²) >= 11 is 0. The number of ether oxygens (including phenoxy) is 1. The molecule has 4 nitrogen and oxygen atoms in total. The van der Waals surface area contributed by atoms with E-state index in [0.29, 0.717) is 12.8 Å². The lowest BCUT2D eigenvalue weighted by Crippen LogP contribution is -2.47. The van der Waals surface area contributed by atoms with Crippen molar-refractivity contribution in [3.05, 3.63) is 0 Å². The van der Waals surface area contributed by atoms with Gasteiger partial charge in [0.15, 0.2) is 0 Å². The molecule has 0 heterocycles. The number of nitrogens with one attached hydrogen (secondary N) is 1. The number of hydrogen-bond donors (Lipinski definition) is 2. The van der Waals surface area contributed by atoms with Crippen molar-refractivity contribution in [3.8, 4) is 0 Å². The molecule has 0 aliphatic heterocycles. The molecule has 0 aromatic heterocycles. The van der Waals surface area contributed by atoms with Gasteiger partial charge in [0.1, 0.15) is 11.8 Å². The van der Waals surface area contributed by atoms with Crippen molar-refractivity contribution in [2.45, 2.75) is 63.9 Å². The maximum atomic E-state index is 13.3. The van der Waals surface area contributed by atoms with Crippen LogP contribution in [0, 0.1) is 0 Å². The van der Waals surface area contributed by atoms with Crippen LogP contribution in [0.4, 0.5) is 9.18 Å². The molecule has 1 aliphatic rings. The van der Waals surface area contributed by atoms with Crippen molar-refractivity contribution in [2.24, 2.45) is 5.73 Å². The van der Waals surface area contributed by atoms with E-state index in [1.807, 2.05) is 0 Å². The van der Waals surface area contributed by atoms with Crippen LogP contribution in [0.15, 0.2) is 0 Å². The van der Waals surface area contributed by atoms with Crippen molar-refractivity contribution >= 4 is 6.09 Å². The van der Waals surface area contributed by atoms with Crippen LogP contribution >= 0.6 is 0 Å². The average Bonchev–Trinajstić information content (AvgIpc) is 2.08. The number of nitrogens with two attached hydrogens (primary N) is 1. The minimum atomic E-state index is -1.03. The highest BCUT2D eigenvalue weighted by Crippen LogP contribution is 2.20. The number of alkyl halides is 1. The largest absolute Gasteiger partial charge is 0.444 e. The molecule has 0 radical (unpaired) electrons. The second-order valence-electron chi connectivity index (χ2n) is 5.34. The fourth-order valence-corrected chi connectivity index (χ4v) is 1.74. The Hall–Kier alpha value is -0.840. The fraction of sp³-hybridized carbons (Fsp3) is 0.909. The number of alkyl carbamates (subject to hydrolysis) is 1. The Morgan fingerprint density at radius 3 is 2.56 bits per heavy atom. The van der Waals surface area contributed by atoms with Gasteiger partial charge in [0, 0.05) is 18.5 Å². The van der Waals surface area contributed by atoms with Crippen LogP contribution in [0.3, 0.4) is 0 Å². The second kappa shape index (κ2) is 4.99. The highest BCUT2D eigenvalue weighted by atomic mass is 19.1. The number of carbonyl (C=O) groups is 1. The quantitative estimate of drug-likeness (QED) is 0.723. The summed E-state index contributed by atoms with van der Waals surface area (Å²) in [5.41, 5.74) is 5.03. The third kappa shape index (κ3) is 4.35. The van der Waals surface area contributed by atoms with E-state index in [4.69, 9.17) is 10.5 Å². The van der Waals surface area contributed by atoms with Gasteiger partial charge in [-0.15, -0.1) is 0 Å². The van der Waals surface area contributed by atoms with Crippen LogP contribution in [-0.4, -0.2) is 29.9 Å². The van der Waals surface area contributed by atoms with Gasteiger partial charge in [0.25, 0.3) is 0 Å². The molecule has 0 saturated heterocycles. The smallest absolute Gasteiger partial charge is 0.407 e. The van der Waals surface area contributed by atoms with Crippen molar-refractivity contribution in [1.82, 2.24) is 5.32 Å². The molecule has 3 N–H and O–H groups in total. The first-order valence-corrected chi connectivity index (χ1v) is 5.67. The zero-order valence-electron chi connectivity index (χ0n) is 10.1. The molecule has 16 heavy (non-hydrogen) atoms. The summed E-state index contributed by atoms with van der Waals surface area (Å²) in [6.07, 6.45) is 0.0666. The Kier molecular flexibility index (Phi) is 4.13. The molecule has 1 saturated carbocycles. The minimum absolute atomic E-state index is 0.162. The summed E-state index contributed by atoms with van der Waals surface area (Å²) in [7, 11) is 0. The zero-order chi connectivity index (χ0) is 12.3. The van der Waals surface area contributed by atoms with Crippen molar-refractivity contribution < 1.29 is 13.9 Å². The van der Waals surface area contributed by atoms with E-state index >= 15 is 0 Å². The third-order valence-electron chi connectivity index (χ3n) is 2.54. The lowest BCUT2D eigenvalue weighted by Gasteiger charge is -2.30. The molecule has 0 aromatic rings. The molecule has 1 amide bonds. The van der Waals surface area contributed by atoms with E-state index in [2.05, 4.69) is 5.32 Å². The molecule has 0 aromatic carbocycles. The maximum Gasteiger partial charge on any atom is 0.407 e. The highest BCUT2D eigenvalue weighted by Gasteiger charge is 2.29. The van der Waals surface area contributed by atoms with E-state index in [-0.39, 0.29) is 12.5 Å². The van der Waals surface area contributed by atoms with Gasteiger partial charge in [-0.1, -0.05) is 0 Å². The van der Waals surface area contributed by atoms with Crippen molar-refractivity contribution in [3.63, 3.8) is 0 Å². The summed E-state index contributed by atoms with van der Waals surface area (Å²) < 4.78 is 18.4. The van der Waals surface area contributed by atoms with Crippen LogP contribution in [0.1, 0.15) is 40.0 Å². The zero-order valence-corrected chi connectivity index (χ0v) is 10.1. The second-order valence-corrected chi connectivity index (χ2v) is 5.34. The van der Waals surface area contributed by atoms with E-state index in [1.165, 1.54) is 0 Å². The maximum absolute atomic E-state index is 13.3. The van der Waals surface area contributed by atoms with Crippen LogP contribution in [0.2, 0.25) is 0 Å². The Bertz CT molecular complexity index is 253. The molecular weight excluding hydrogens is 211 g/mol. The van der Waals surface area contributed by atoms with Gasteiger partial charge >= 0.3 is 6.09 Å². The summed E-state index contributed by atoms with van der Waals surface area (Å²) in [6.45, 7) is 5.38. The van der Waals surface area contributed by atoms with Crippen LogP contribution < -0.4 is 11.1 Å². The molecule has 0 spiro atoms. The molecule has 0 unspecified atom stereocenters. The lowest BCUT2D eigenvalue weighted by molar-refractivity contribution is 0.0474. The SMILES string of the molecule is CC(C)(C)OC(=O)N[C@H]1CC[C@H](N)[C@@H](F)C1. The van der Waals surface area contributed by atoms with Gasteiger partial charge < -0.3 is 15.8 Å². The predicted molar refractivity (Wildman–Crippen MR) is 59.9 cm³/mol. The van der Waals surface area contributed by atoms with Crippen LogP contribution in [0.5, 0.6) is 0 Å². The van der Waals surface area contributed by atoms with Crippen molar-refractivity contribution in [2.75, 3.05) is 0 Å². The molecule has 5 heteroatoms. The van der Waals surface area contributed by atoms with Gasteiger partial charge in [-0.3, -0.25) is 0 Å². The fourth-order valence-electron chi connectivity index (χ4n) is 1.74. The molecule has 1 aliphatic carbocycles. The Balaban J connectivity index is 2.35. The predicted octanol–water partition coefficient (Wildman–Crippen LogP) is 1.73. The highest BCUT2D eigenvalue weighted by molar-refractivity contribution is 5.68. The number of rotatable bonds is 1. The first kappa shape index (κ1) is 13.2. The van der Waals surface area contributed by atoms with E-state index in [0.717, 1.165) is 0 Å². The van der Waals surface area contributed by atoms with Crippen LogP contribution in [0.25, 0.3) is 0 Å². The number of amides is 1. The van der Waals surface area contributed by atoms with Gasteiger partial charge in [-0.2, -0.15) is 0 Å². The summed E-state index contributed by atoms with van der Waals surface area (Å²) in [5, 5.41) is 2.67. The molecular formula is C11H21FN2O2. The molecule has 0 bridgehead atoms. The molecule has 1 rings (SSSR count). The van der Waals surface area contributed by atoms with Crippen molar-refractivity contribution in [1.29, 1.82) is 0 Å². The summed E-state index contributed by atoms with van der Waals surface area (Å²) in [5.74, 6) is 0. The van der Waals surface area contributed by atoms with Gasteiger partial charge in [0.2, 0.25) is 0 Å². The monoisotopic (exact) mass is 232 g/mol. The van der Waals surface area contributed by atoms with E-state index < -0.39 is 23.9 Å². The third-order valence-corrected chi connectivity index (χ3v) is 2.54. The Morgan fingerprint density at radius 1 is 1.44 bits per heavy atom. The first-order valence-electron chi connectivity index (χ1n) is 5.67. The summed E-state index contributed by atoms with van der Waals surface area (Å²) in [4.78, 5) is 11.4. The standard InChI is InChI=1S/C11H21FN2O2/c1-11(2,3)16-10(15)14-7-4-5-9(13)8(12)6-7/h7-9H,4-6,13H2,1-3H3,(H,14,15)/t7-,8-,9-/m0/s1. The first-order chi connectivity index (χ1) is 7.28. The summed E-state index contributed by atoms with van der Waals surface area (Å²) in [6, 6.07) is -0.554. The normalized spacial score (nSPS) is 30.9. The molecule has 94 valence electrons. The Labute approximate surface area is 95.7 Å². The van der Waals surface area contributed by atoms with Gasteiger partial charge in [-0.25, -0.2) is 9.18 Å².